The van der Waals surface area contributed by atoms with E-state index >= 15 is 0 Å². The Morgan fingerprint density at radius 3 is 2.82 bits per heavy atom. The molecule has 1 aromatic carbocycles. The molecule has 1 heterocycles. The number of aliphatic hydroxyl groups excluding tert-OH is 1. The second-order valence-corrected chi connectivity index (χ2v) is 6.01. The molecule has 3 rings (SSSR count). The SMILES string of the molecule is O[C@H]1CCCC[C@@H]1Sc1cc2ccccc2[nH]1. The Morgan fingerprint density at radius 2 is 2.00 bits per heavy atom. The standard InChI is InChI=1S/C14H17NOS/c16-12-7-3-4-8-13(12)17-14-9-10-5-1-2-6-11(10)15-14/h1-2,5-6,9,12-13,15-16H,3-4,7-8H2/t12-,13-/m0/s1. The van der Waals surface area contributed by atoms with Gasteiger partial charge in [0.25, 0.3) is 0 Å². The van der Waals surface area contributed by atoms with Crippen LogP contribution in [0.5, 0.6) is 0 Å². The van der Waals surface area contributed by atoms with Gasteiger partial charge in [-0.1, -0.05) is 31.0 Å². The van der Waals surface area contributed by atoms with Crippen molar-refractivity contribution in [2.75, 3.05) is 0 Å². The zero-order chi connectivity index (χ0) is 11.7. The molecular formula is C14H17NOS. The summed E-state index contributed by atoms with van der Waals surface area (Å²) < 4.78 is 0. The van der Waals surface area contributed by atoms with Gasteiger partial charge in [-0.3, -0.25) is 0 Å². The van der Waals surface area contributed by atoms with Gasteiger partial charge < -0.3 is 10.1 Å². The van der Waals surface area contributed by atoms with Crippen LogP contribution in [-0.2, 0) is 0 Å². The highest BCUT2D eigenvalue weighted by Gasteiger charge is 2.24. The maximum absolute atomic E-state index is 9.97. The number of thioether (sulfide) groups is 1. The van der Waals surface area contributed by atoms with Gasteiger partial charge >= 0.3 is 0 Å². The van der Waals surface area contributed by atoms with E-state index in [1.54, 1.807) is 11.8 Å². The molecule has 90 valence electrons. The first-order valence-electron chi connectivity index (χ1n) is 6.25. The van der Waals surface area contributed by atoms with Crippen LogP contribution < -0.4 is 0 Å². The summed E-state index contributed by atoms with van der Waals surface area (Å²) >= 11 is 1.79. The molecule has 2 atom stereocenters. The van der Waals surface area contributed by atoms with E-state index in [-0.39, 0.29) is 6.10 Å². The molecule has 0 saturated heterocycles. The minimum absolute atomic E-state index is 0.139. The van der Waals surface area contributed by atoms with Crippen molar-refractivity contribution in [3.05, 3.63) is 30.3 Å². The molecule has 0 aliphatic heterocycles. The number of nitrogens with one attached hydrogen (secondary N) is 1. The molecule has 0 radical (unpaired) electrons. The zero-order valence-electron chi connectivity index (χ0n) is 9.73. The molecule has 1 aliphatic rings. The Bertz CT molecular complexity index is 475. The van der Waals surface area contributed by atoms with Crippen molar-refractivity contribution in [2.24, 2.45) is 0 Å². The highest BCUT2D eigenvalue weighted by Crippen LogP contribution is 2.34. The molecule has 0 amide bonds. The van der Waals surface area contributed by atoms with Gasteiger partial charge in [0.05, 0.1) is 11.1 Å². The number of aromatic nitrogens is 1. The number of rotatable bonds is 2. The van der Waals surface area contributed by atoms with Crippen LogP contribution in [0.15, 0.2) is 35.4 Å². The highest BCUT2D eigenvalue weighted by atomic mass is 32.2. The van der Waals surface area contributed by atoms with Gasteiger partial charge in [-0.05, 0) is 25.0 Å². The Labute approximate surface area is 105 Å². The third-order valence-electron chi connectivity index (χ3n) is 3.45. The third kappa shape index (κ3) is 2.35. The van der Waals surface area contributed by atoms with Gasteiger partial charge in [0, 0.05) is 16.2 Å². The summed E-state index contributed by atoms with van der Waals surface area (Å²) in [6.07, 6.45) is 4.36. The lowest BCUT2D eigenvalue weighted by Crippen LogP contribution is -2.26. The molecular weight excluding hydrogens is 230 g/mol. The topological polar surface area (TPSA) is 36.0 Å². The number of benzene rings is 1. The van der Waals surface area contributed by atoms with Crippen molar-refractivity contribution in [1.29, 1.82) is 0 Å². The predicted octanol–water partition coefficient (Wildman–Crippen LogP) is 3.56. The van der Waals surface area contributed by atoms with Crippen LogP contribution in [0, 0.1) is 0 Å². The van der Waals surface area contributed by atoms with Crippen LogP contribution in [0.1, 0.15) is 25.7 Å². The van der Waals surface area contributed by atoms with E-state index in [2.05, 4.69) is 29.2 Å². The molecule has 3 heteroatoms. The lowest BCUT2D eigenvalue weighted by molar-refractivity contribution is 0.137. The summed E-state index contributed by atoms with van der Waals surface area (Å²) in [5, 5.41) is 12.8. The minimum Gasteiger partial charge on any atom is -0.392 e. The summed E-state index contributed by atoms with van der Waals surface area (Å²) in [5.41, 5.74) is 1.18. The van der Waals surface area contributed by atoms with E-state index in [9.17, 15) is 5.11 Å². The van der Waals surface area contributed by atoms with E-state index in [4.69, 9.17) is 0 Å². The number of hydrogen-bond donors (Lipinski definition) is 2. The molecule has 1 aromatic heterocycles. The fourth-order valence-corrected chi connectivity index (χ4v) is 3.76. The number of H-pyrrole nitrogens is 1. The summed E-state index contributed by atoms with van der Waals surface area (Å²) in [5.74, 6) is 0. The summed E-state index contributed by atoms with van der Waals surface area (Å²) in [6, 6.07) is 10.5. The molecule has 1 saturated carbocycles. The molecule has 1 fully saturated rings. The van der Waals surface area contributed by atoms with E-state index in [1.807, 2.05) is 6.07 Å². The summed E-state index contributed by atoms with van der Waals surface area (Å²) in [7, 11) is 0. The number of aliphatic hydroxyl groups is 1. The Balaban J connectivity index is 1.79. The first-order chi connectivity index (χ1) is 8.33. The van der Waals surface area contributed by atoms with Gasteiger partial charge in [0.1, 0.15) is 0 Å². The van der Waals surface area contributed by atoms with Crippen LogP contribution in [0.4, 0.5) is 0 Å². The van der Waals surface area contributed by atoms with E-state index in [1.165, 1.54) is 28.8 Å². The fourth-order valence-electron chi connectivity index (χ4n) is 2.49. The van der Waals surface area contributed by atoms with Gasteiger partial charge in [0.15, 0.2) is 0 Å². The second-order valence-electron chi connectivity index (χ2n) is 4.73. The van der Waals surface area contributed by atoms with E-state index in [0.717, 1.165) is 12.8 Å². The van der Waals surface area contributed by atoms with Crippen molar-refractivity contribution < 1.29 is 5.11 Å². The Kier molecular flexibility index (Phi) is 3.12. The first-order valence-corrected chi connectivity index (χ1v) is 7.13. The molecule has 0 unspecified atom stereocenters. The third-order valence-corrected chi connectivity index (χ3v) is 4.78. The number of fused-ring (bicyclic) bond motifs is 1. The van der Waals surface area contributed by atoms with Crippen LogP contribution in [0.2, 0.25) is 0 Å². The molecule has 1 aliphatic carbocycles. The Morgan fingerprint density at radius 1 is 1.18 bits per heavy atom. The average molecular weight is 247 g/mol. The maximum Gasteiger partial charge on any atom is 0.0736 e. The molecule has 17 heavy (non-hydrogen) atoms. The van der Waals surface area contributed by atoms with E-state index in [0.29, 0.717) is 5.25 Å². The smallest absolute Gasteiger partial charge is 0.0736 e. The van der Waals surface area contributed by atoms with Gasteiger partial charge in [-0.15, -0.1) is 11.8 Å². The number of hydrogen-bond acceptors (Lipinski definition) is 2. The average Bonchev–Trinajstić information content (AvgIpc) is 2.74. The van der Waals surface area contributed by atoms with Crippen LogP contribution >= 0.6 is 11.8 Å². The largest absolute Gasteiger partial charge is 0.392 e. The van der Waals surface area contributed by atoms with Crippen molar-refractivity contribution in [1.82, 2.24) is 4.98 Å². The van der Waals surface area contributed by atoms with Crippen LogP contribution in [-0.4, -0.2) is 21.4 Å². The number of para-hydroxylation sites is 1. The van der Waals surface area contributed by atoms with Crippen molar-refractivity contribution in [3.8, 4) is 0 Å². The van der Waals surface area contributed by atoms with Crippen molar-refractivity contribution in [3.63, 3.8) is 0 Å². The van der Waals surface area contributed by atoms with Gasteiger partial charge in [-0.25, -0.2) is 0 Å². The Hall–Kier alpha value is -0.930. The van der Waals surface area contributed by atoms with Crippen LogP contribution in [0.3, 0.4) is 0 Å². The molecule has 0 bridgehead atoms. The summed E-state index contributed by atoms with van der Waals surface area (Å²) in [4.78, 5) is 3.42. The lowest BCUT2D eigenvalue weighted by atomic mass is 9.97. The molecule has 2 nitrogen and oxygen atoms in total. The zero-order valence-corrected chi connectivity index (χ0v) is 10.5. The van der Waals surface area contributed by atoms with E-state index < -0.39 is 0 Å². The summed E-state index contributed by atoms with van der Waals surface area (Å²) in [6.45, 7) is 0. The molecule has 2 N–H and O–H groups in total. The predicted molar refractivity (Wildman–Crippen MR) is 72.4 cm³/mol. The van der Waals surface area contributed by atoms with Crippen molar-refractivity contribution in [2.45, 2.75) is 42.1 Å². The first kappa shape index (κ1) is 11.2. The highest BCUT2D eigenvalue weighted by molar-refractivity contribution is 7.99. The fraction of sp³-hybridized carbons (Fsp3) is 0.429. The second kappa shape index (κ2) is 4.75. The van der Waals surface area contributed by atoms with Gasteiger partial charge in [0.2, 0.25) is 0 Å². The lowest BCUT2D eigenvalue weighted by Gasteiger charge is -2.26. The number of aromatic amines is 1. The monoisotopic (exact) mass is 247 g/mol. The quantitative estimate of drug-likeness (QED) is 0.851. The van der Waals surface area contributed by atoms with Crippen LogP contribution in [0.25, 0.3) is 10.9 Å². The normalized spacial score (nSPS) is 25.2. The maximum atomic E-state index is 9.97. The van der Waals surface area contributed by atoms with Gasteiger partial charge in [-0.2, -0.15) is 0 Å². The molecule has 2 aromatic rings. The minimum atomic E-state index is -0.139. The van der Waals surface area contributed by atoms with Crippen molar-refractivity contribution >= 4 is 22.7 Å². The molecule has 0 spiro atoms.